The van der Waals surface area contributed by atoms with Crippen LogP contribution in [0.4, 0.5) is 9.59 Å². The lowest BCUT2D eigenvalue weighted by Crippen LogP contribution is -2.50. The van der Waals surface area contributed by atoms with Gasteiger partial charge in [-0.3, -0.25) is 9.59 Å². The summed E-state index contributed by atoms with van der Waals surface area (Å²) in [6, 6.07) is 23.4. The molecular weight excluding hydrogens is 749 g/mol. The summed E-state index contributed by atoms with van der Waals surface area (Å²) < 4.78 is 4.74. The van der Waals surface area contributed by atoms with Gasteiger partial charge in [0.25, 0.3) is 0 Å². The predicted octanol–water partition coefficient (Wildman–Crippen LogP) is 7.48. The Labute approximate surface area is 341 Å². The van der Waals surface area contributed by atoms with E-state index in [1.54, 1.807) is 4.90 Å². The zero-order valence-electron chi connectivity index (χ0n) is 33.8. The number of imidazole rings is 2. The number of fused-ring (bicyclic) bond motifs is 3. The number of carbonyl (C=O) groups is 4. The Morgan fingerprint density at radius 3 is 1.90 bits per heavy atom. The van der Waals surface area contributed by atoms with Crippen LogP contribution in [-0.2, 0) is 14.3 Å². The summed E-state index contributed by atoms with van der Waals surface area (Å²) >= 11 is 0. The van der Waals surface area contributed by atoms with E-state index in [1.807, 2.05) is 39.8 Å². The Balaban J connectivity index is 0.970. The third-order valence-electron chi connectivity index (χ3n) is 11.9. The van der Waals surface area contributed by atoms with Crippen molar-refractivity contribution in [3.05, 3.63) is 84.4 Å². The molecule has 0 saturated carbocycles. The summed E-state index contributed by atoms with van der Waals surface area (Å²) in [5.41, 5.74) is 7.68. The molecule has 14 nitrogen and oxygen atoms in total. The van der Waals surface area contributed by atoms with E-state index in [9.17, 15) is 24.3 Å². The molecule has 4 aromatic carbocycles. The number of ether oxygens (including phenoxy) is 1. The number of carbonyl (C=O) groups excluding carboxylic acids is 3. The van der Waals surface area contributed by atoms with Gasteiger partial charge in [0.2, 0.25) is 5.91 Å². The van der Waals surface area contributed by atoms with Crippen molar-refractivity contribution in [3.8, 4) is 22.3 Å². The number of nitrogens with one attached hydrogen (secondary N) is 5. The van der Waals surface area contributed by atoms with Crippen LogP contribution in [0.1, 0.15) is 70.7 Å². The van der Waals surface area contributed by atoms with Crippen LogP contribution in [0.15, 0.2) is 72.8 Å². The number of aromatic nitrogens is 4. The van der Waals surface area contributed by atoms with Gasteiger partial charge in [0.05, 0.1) is 47.3 Å². The first-order valence-electron chi connectivity index (χ1n) is 20.3. The second-order valence-corrected chi connectivity index (χ2v) is 16.5. The molecule has 2 aromatic heterocycles. The number of alkyl carbamates (subject to hydrolysis) is 1. The minimum absolute atomic E-state index is 0.00694. The molecule has 6 aromatic rings. The van der Waals surface area contributed by atoms with Gasteiger partial charge in [-0.05, 0) is 101 Å². The molecule has 2 fully saturated rings. The van der Waals surface area contributed by atoms with E-state index >= 15 is 0 Å². The molecule has 306 valence electrons. The largest absolute Gasteiger partial charge is 0.465 e. The van der Waals surface area contributed by atoms with Gasteiger partial charge in [-0.15, -0.1) is 0 Å². The van der Waals surface area contributed by atoms with E-state index in [0.717, 1.165) is 73.8 Å². The van der Waals surface area contributed by atoms with Crippen molar-refractivity contribution in [2.45, 2.75) is 71.1 Å². The molecule has 5 atom stereocenters. The van der Waals surface area contributed by atoms with Crippen LogP contribution in [-0.4, -0.2) is 86.1 Å². The quantitative estimate of drug-likeness (QED) is 0.0771. The van der Waals surface area contributed by atoms with E-state index in [4.69, 9.17) is 14.7 Å². The number of Topliss-reactive ketones (excluding diaryl/α,β-unsaturated/α-hetero) is 1. The fraction of sp³-hybridized carbons (Fsp3) is 0.378. The molecule has 14 heteroatoms. The highest BCUT2D eigenvalue weighted by atomic mass is 16.5. The van der Waals surface area contributed by atoms with E-state index in [1.165, 1.54) is 7.11 Å². The van der Waals surface area contributed by atoms with Crippen molar-refractivity contribution in [3.63, 3.8) is 0 Å². The first kappa shape index (κ1) is 39.5. The van der Waals surface area contributed by atoms with Gasteiger partial charge in [0.1, 0.15) is 17.7 Å². The Hall–Kier alpha value is -6.28. The number of nitrogens with zero attached hydrogens (tertiary/aromatic N) is 3. The van der Waals surface area contributed by atoms with Gasteiger partial charge < -0.3 is 40.7 Å². The standard InChI is InChI=1S/C45H50N8O6/c1-23(2)38(52-45(58)59-5)40(54)31-21-36(46-22-31)41-47-32-14-12-29(19-34(32)49-41)27-10-8-26-18-28(11-9-25(26)17-27)30-13-15-33-35(20-30)50-42(48-33)37-7-6-16-53(37)43(55)39(24(3)4)51-44(56)57/h8-15,17-20,23-24,31,36-39,46,51H,6-7,16,21-22H2,1-5H3,(H,47,49)(H,48,50)(H,52,58)(H,56,57). The highest BCUT2D eigenvalue weighted by Gasteiger charge is 2.39. The number of aromatic amines is 2. The van der Waals surface area contributed by atoms with Gasteiger partial charge >= 0.3 is 12.2 Å². The number of likely N-dealkylation sites (tertiary alicyclic amines) is 1. The van der Waals surface area contributed by atoms with Crippen molar-refractivity contribution in [1.29, 1.82) is 0 Å². The summed E-state index contributed by atoms with van der Waals surface area (Å²) in [7, 11) is 1.29. The number of H-pyrrole nitrogens is 2. The summed E-state index contributed by atoms with van der Waals surface area (Å²) in [6.45, 7) is 8.56. The number of hydrogen-bond donors (Lipinski definition) is 6. The molecule has 0 bridgehead atoms. The lowest BCUT2D eigenvalue weighted by atomic mass is 9.89. The van der Waals surface area contributed by atoms with Crippen LogP contribution in [0.5, 0.6) is 0 Å². The fourth-order valence-electron chi connectivity index (χ4n) is 8.65. The predicted molar refractivity (Wildman–Crippen MR) is 226 cm³/mol. The van der Waals surface area contributed by atoms with Gasteiger partial charge in [-0.1, -0.05) is 64.1 Å². The maximum atomic E-state index is 13.5. The molecule has 0 spiro atoms. The molecule has 0 aliphatic carbocycles. The average Bonchev–Trinajstić information content (AvgIpc) is 4.06. The van der Waals surface area contributed by atoms with Gasteiger partial charge in [-0.2, -0.15) is 0 Å². The molecule has 4 heterocycles. The number of hydrogen-bond acceptors (Lipinski definition) is 8. The molecule has 2 aliphatic heterocycles. The highest BCUT2D eigenvalue weighted by Crippen LogP contribution is 2.35. The third kappa shape index (κ3) is 7.96. The van der Waals surface area contributed by atoms with Gasteiger partial charge in [0, 0.05) is 19.0 Å². The fourth-order valence-corrected chi connectivity index (χ4v) is 8.65. The maximum Gasteiger partial charge on any atom is 0.407 e. The van der Waals surface area contributed by atoms with E-state index in [-0.39, 0.29) is 41.5 Å². The lowest BCUT2D eigenvalue weighted by molar-refractivity contribution is -0.135. The smallest absolute Gasteiger partial charge is 0.407 e. The lowest BCUT2D eigenvalue weighted by Gasteiger charge is -2.29. The highest BCUT2D eigenvalue weighted by molar-refractivity contribution is 5.94. The van der Waals surface area contributed by atoms with Crippen LogP contribution in [0.2, 0.25) is 0 Å². The van der Waals surface area contributed by atoms with Crippen molar-refractivity contribution in [2.24, 2.45) is 17.8 Å². The third-order valence-corrected chi connectivity index (χ3v) is 11.9. The second-order valence-electron chi connectivity index (χ2n) is 16.5. The first-order chi connectivity index (χ1) is 28.4. The van der Waals surface area contributed by atoms with Crippen LogP contribution >= 0.6 is 0 Å². The summed E-state index contributed by atoms with van der Waals surface area (Å²) in [4.78, 5) is 68.6. The maximum absolute atomic E-state index is 13.5. The molecule has 8 rings (SSSR count). The zero-order chi connectivity index (χ0) is 41.5. The monoisotopic (exact) mass is 798 g/mol. The summed E-state index contributed by atoms with van der Waals surface area (Å²) in [5.74, 6) is 0.745. The topological polar surface area (TPSA) is 194 Å². The number of benzene rings is 4. The number of amides is 3. The normalized spacial score (nSPS) is 19.2. The SMILES string of the molecule is COC(=O)NC(C(=O)C1CNC(c2nc3ccc(-c4ccc5cc(-c6ccc7nc(C8CCCN8C(=O)C(NC(=O)O)C(C)C)[nH]c7c6)ccc5c4)cc3[nH]2)C1)C(C)C. The molecule has 5 unspecified atom stereocenters. The van der Waals surface area contributed by atoms with Crippen molar-refractivity contribution in [1.82, 2.24) is 40.8 Å². The Bertz CT molecular complexity index is 2580. The summed E-state index contributed by atoms with van der Waals surface area (Å²) in [6.07, 6.45) is 0.329. The Morgan fingerprint density at radius 1 is 0.763 bits per heavy atom. The average molecular weight is 799 g/mol. The number of methoxy groups -OCH3 is 1. The molecule has 2 saturated heterocycles. The number of rotatable bonds is 11. The van der Waals surface area contributed by atoms with Crippen LogP contribution < -0.4 is 16.0 Å². The van der Waals surface area contributed by atoms with Gasteiger partial charge in [-0.25, -0.2) is 19.6 Å². The number of ketones is 1. The van der Waals surface area contributed by atoms with E-state index in [2.05, 4.69) is 86.6 Å². The minimum Gasteiger partial charge on any atom is -0.465 e. The summed E-state index contributed by atoms with van der Waals surface area (Å²) in [5, 5.41) is 20.1. The molecule has 59 heavy (non-hydrogen) atoms. The van der Waals surface area contributed by atoms with Crippen molar-refractivity contribution >= 4 is 56.7 Å². The Morgan fingerprint density at radius 2 is 1.32 bits per heavy atom. The molecule has 2 aliphatic rings. The minimum atomic E-state index is -1.21. The molecular formula is C45H50N8O6. The van der Waals surface area contributed by atoms with Crippen LogP contribution in [0.3, 0.4) is 0 Å². The molecule has 6 N–H and O–H groups in total. The van der Waals surface area contributed by atoms with Crippen molar-refractivity contribution in [2.75, 3.05) is 20.2 Å². The molecule has 0 radical (unpaired) electrons. The van der Waals surface area contributed by atoms with E-state index in [0.29, 0.717) is 25.3 Å². The number of carboxylic acid groups (broad SMARTS) is 1. The zero-order valence-corrected chi connectivity index (χ0v) is 33.8. The first-order valence-corrected chi connectivity index (χ1v) is 20.3. The van der Waals surface area contributed by atoms with Crippen LogP contribution in [0, 0.1) is 17.8 Å². The van der Waals surface area contributed by atoms with E-state index < -0.39 is 24.3 Å². The second kappa shape index (κ2) is 16.2. The van der Waals surface area contributed by atoms with Crippen LogP contribution in [0.25, 0.3) is 55.1 Å². The molecule has 3 amide bonds. The van der Waals surface area contributed by atoms with Gasteiger partial charge in [0.15, 0.2) is 5.78 Å². The van der Waals surface area contributed by atoms with Crippen molar-refractivity contribution < 1.29 is 29.0 Å². The Kier molecular flexibility index (Phi) is 10.8.